The van der Waals surface area contributed by atoms with Gasteiger partial charge in [-0.25, -0.2) is 0 Å². The third-order valence-electron chi connectivity index (χ3n) is 3.21. The molecule has 16 heavy (non-hydrogen) atoms. The number of aliphatic carboxylic acids is 1. The van der Waals surface area contributed by atoms with E-state index >= 15 is 0 Å². The summed E-state index contributed by atoms with van der Waals surface area (Å²) in [6, 6.07) is 0. The van der Waals surface area contributed by atoms with Crippen molar-refractivity contribution in [2.24, 2.45) is 17.3 Å². The summed E-state index contributed by atoms with van der Waals surface area (Å²) < 4.78 is 35.5. The number of alkyl halides is 5. The monoisotopic (exact) mass is 366 g/mol. The van der Waals surface area contributed by atoms with Crippen LogP contribution in [0.4, 0.5) is 13.2 Å². The molecular weight excluding hydrogens is 357 g/mol. The summed E-state index contributed by atoms with van der Waals surface area (Å²) >= 11 is 5.14. The molecule has 1 N–H and O–H groups in total. The van der Waals surface area contributed by atoms with Crippen LogP contribution in [-0.4, -0.2) is 20.5 Å². The molecule has 2 atom stereocenters. The van der Waals surface area contributed by atoms with E-state index in [1.807, 2.05) is 0 Å². The Kier molecular flexibility index (Phi) is 3.45. The lowest BCUT2D eigenvalue weighted by Crippen LogP contribution is -2.34. The fraction of sp³-hybridized carbons (Fsp3) is 0.889. The molecule has 94 valence electrons. The fourth-order valence-corrected chi connectivity index (χ4v) is 2.70. The van der Waals surface area contributed by atoms with Gasteiger partial charge in [-0.05, 0) is 17.8 Å². The number of hydrogen-bond acceptors (Lipinski definition) is 1. The highest BCUT2D eigenvalue weighted by Gasteiger charge is 2.66. The minimum atomic E-state index is -4.45. The fourth-order valence-electron chi connectivity index (χ4n) is 2.01. The largest absolute Gasteiger partial charge is 0.481 e. The van der Waals surface area contributed by atoms with Gasteiger partial charge < -0.3 is 5.11 Å². The Morgan fingerprint density at radius 3 is 2.06 bits per heavy atom. The molecule has 0 aromatic rings. The average Bonchev–Trinajstić information content (AvgIpc) is 2.49. The van der Waals surface area contributed by atoms with Crippen molar-refractivity contribution in [1.29, 1.82) is 0 Å². The topological polar surface area (TPSA) is 37.3 Å². The lowest BCUT2D eigenvalue weighted by Gasteiger charge is -2.24. The van der Waals surface area contributed by atoms with Crippen molar-refractivity contribution in [3.05, 3.63) is 0 Å². The Morgan fingerprint density at radius 1 is 1.38 bits per heavy atom. The van der Waals surface area contributed by atoms with Crippen molar-refractivity contribution in [1.82, 2.24) is 0 Å². The predicted octanol–water partition coefficient (Wildman–Crippen LogP) is 3.78. The van der Waals surface area contributed by atoms with Crippen LogP contribution in [0, 0.1) is 17.3 Å². The van der Waals surface area contributed by atoms with Crippen LogP contribution in [-0.2, 0) is 4.79 Å². The quantitative estimate of drug-likeness (QED) is 0.770. The Labute approximate surface area is 108 Å². The molecule has 0 aromatic heterocycles. The SMILES string of the molecule is CC1(C)[C@H](CC(Br)(Br)C(F)(F)F)[C@H]1C(=O)O. The summed E-state index contributed by atoms with van der Waals surface area (Å²) in [6.45, 7) is 3.34. The van der Waals surface area contributed by atoms with E-state index in [4.69, 9.17) is 5.11 Å². The lowest BCUT2D eigenvalue weighted by molar-refractivity contribution is -0.141. The van der Waals surface area contributed by atoms with Gasteiger partial charge in [-0.2, -0.15) is 13.2 Å². The minimum absolute atomic E-state index is 0.291. The first kappa shape index (κ1) is 14.3. The highest BCUT2D eigenvalue weighted by atomic mass is 79.9. The van der Waals surface area contributed by atoms with E-state index in [-0.39, 0.29) is 6.42 Å². The van der Waals surface area contributed by atoms with Crippen molar-refractivity contribution >= 4 is 37.8 Å². The molecule has 1 saturated carbocycles. The molecule has 7 heteroatoms. The standard InChI is InChI=1S/C9H11Br2F3O2/c1-7(2)4(5(7)6(15)16)3-8(10,11)9(12,13)14/h4-5H,3H2,1-2H3,(H,15,16)/t4-,5+/m1/s1. The third kappa shape index (κ3) is 2.39. The van der Waals surface area contributed by atoms with Crippen LogP contribution in [0.25, 0.3) is 0 Å². The van der Waals surface area contributed by atoms with Gasteiger partial charge in [-0.1, -0.05) is 45.7 Å². The second-order valence-electron chi connectivity index (χ2n) is 4.65. The summed E-state index contributed by atoms with van der Waals surface area (Å²) in [5.41, 5.74) is -0.579. The first-order valence-electron chi connectivity index (χ1n) is 4.58. The molecule has 0 radical (unpaired) electrons. The second kappa shape index (κ2) is 3.86. The van der Waals surface area contributed by atoms with Gasteiger partial charge in [-0.15, -0.1) is 0 Å². The van der Waals surface area contributed by atoms with Crippen LogP contribution < -0.4 is 0 Å². The van der Waals surface area contributed by atoms with Crippen molar-refractivity contribution in [2.75, 3.05) is 0 Å². The zero-order valence-electron chi connectivity index (χ0n) is 8.61. The Hall–Kier alpha value is 0.220. The van der Waals surface area contributed by atoms with Crippen LogP contribution >= 0.6 is 31.9 Å². The molecular formula is C9H11Br2F3O2. The van der Waals surface area contributed by atoms with Crippen molar-refractivity contribution in [3.63, 3.8) is 0 Å². The van der Waals surface area contributed by atoms with E-state index in [2.05, 4.69) is 31.9 Å². The van der Waals surface area contributed by atoms with E-state index < -0.39 is 32.6 Å². The van der Waals surface area contributed by atoms with Crippen LogP contribution in [0.2, 0.25) is 0 Å². The van der Waals surface area contributed by atoms with Crippen LogP contribution in [0.15, 0.2) is 0 Å². The van der Waals surface area contributed by atoms with Gasteiger partial charge in [0, 0.05) is 0 Å². The zero-order chi connectivity index (χ0) is 12.9. The molecule has 0 amide bonds. The van der Waals surface area contributed by atoms with Gasteiger partial charge in [0.1, 0.15) is 0 Å². The minimum Gasteiger partial charge on any atom is -0.481 e. The summed E-state index contributed by atoms with van der Waals surface area (Å²) in [5.74, 6) is -2.22. The average molecular weight is 368 g/mol. The Balaban J connectivity index is 2.75. The maximum atomic E-state index is 12.6. The highest BCUT2D eigenvalue weighted by Crippen LogP contribution is 2.64. The molecule has 1 aliphatic carbocycles. The number of halogens is 5. The summed E-state index contributed by atoms with van der Waals surface area (Å²) in [4.78, 5) is 10.8. The number of carbonyl (C=O) groups is 1. The lowest BCUT2D eigenvalue weighted by atomic mass is 10.1. The molecule has 0 saturated heterocycles. The molecule has 1 aliphatic rings. The third-order valence-corrected chi connectivity index (χ3v) is 4.75. The maximum absolute atomic E-state index is 12.6. The van der Waals surface area contributed by atoms with E-state index in [9.17, 15) is 18.0 Å². The van der Waals surface area contributed by atoms with Gasteiger partial charge in [0.15, 0.2) is 3.23 Å². The number of hydrogen-bond donors (Lipinski definition) is 1. The molecule has 0 unspecified atom stereocenters. The second-order valence-corrected chi connectivity index (χ2v) is 8.42. The van der Waals surface area contributed by atoms with Crippen molar-refractivity contribution in [2.45, 2.75) is 29.7 Å². The molecule has 0 heterocycles. The number of rotatable bonds is 3. The molecule has 2 nitrogen and oxygen atoms in total. The molecule has 0 spiro atoms. The molecule has 1 fully saturated rings. The first-order valence-corrected chi connectivity index (χ1v) is 6.17. The van der Waals surface area contributed by atoms with Gasteiger partial charge in [0.2, 0.25) is 0 Å². The van der Waals surface area contributed by atoms with Crippen LogP contribution in [0.3, 0.4) is 0 Å². The van der Waals surface area contributed by atoms with Gasteiger partial charge >= 0.3 is 12.1 Å². The van der Waals surface area contributed by atoms with Crippen LogP contribution in [0.5, 0.6) is 0 Å². The molecule has 1 rings (SSSR count). The van der Waals surface area contributed by atoms with E-state index in [0.717, 1.165) is 0 Å². The van der Waals surface area contributed by atoms with Crippen molar-refractivity contribution in [3.8, 4) is 0 Å². The number of carboxylic acid groups (broad SMARTS) is 1. The van der Waals surface area contributed by atoms with Crippen molar-refractivity contribution < 1.29 is 23.1 Å². The van der Waals surface area contributed by atoms with E-state index in [1.165, 1.54) is 0 Å². The van der Waals surface area contributed by atoms with Gasteiger partial charge in [0.25, 0.3) is 0 Å². The Morgan fingerprint density at radius 2 is 1.81 bits per heavy atom. The summed E-state index contributed by atoms with van der Waals surface area (Å²) in [6.07, 6.45) is -4.74. The maximum Gasteiger partial charge on any atom is 0.413 e. The summed E-state index contributed by atoms with van der Waals surface area (Å²) in [7, 11) is 0. The van der Waals surface area contributed by atoms with E-state index in [0.29, 0.717) is 0 Å². The van der Waals surface area contributed by atoms with Gasteiger partial charge in [-0.3, -0.25) is 4.79 Å². The highest BCUT2D eigenvalue weighted by molar-refractivity contribution is 9.25. The van der Waals surface area contributed by atoms with E-state index in [1.54, 1.807) is 13.8 Å². The van der Waals surface area contributed by atoms with Crippen LogP contribution in [0.1, 0.15) is 20.3 Å². The predicted molar refractivity (Wildman–Crippen MR) is 59.7 cm³/mol. The summed E-state index contributed by atoms with van der Waals surface area (Å²) in [5, 5.41) is 8.85. The smallest absolute Gasteiger partial charge is 0.413 e. The molecule has 0 bridgehead atoms. The van der Waals surface area contributed by atoms with Gasteiger partial charge in [0.05, 0.1) is 5.92 Å². The normalized spacial score (nSPS) is 28.9. The molecule has 0 aromatic carbocycles. The number of carboxylic acids is 1. The first-order chi connectivity index (χ1) is 6.91. The zero-order valence-corrected chi connectivity index (χ0v) is 11.8. The Bertz CT molecular complexity index is 312. The molecule has 0 aliphatic heterocycles.